The highest BCUT2D eigenvalue weighted by Gasteiger charge is 2.16. The fourth-order valence-electron chi connectivity index (χ4n) is 3.96. The van der Waals surface area contributed by atoms with E-state index in [1.165, 1.54) is 0 Å². The number of amidine groups is 2. The van der Waals surface area contributed by atoms with Crippen LogP contribution in [0.4, 0.5) is 21.7 Å². The molecule has 0 fully saturated rings. The second-order valence-corrected chi connectivity index (χ2v) is 11.3. The van der Waals surface area contributed by atoms with E-state index >= 15 is 0 Å². The van der Waals surface area contributed by atoms with Gasteiger partial charge in [-0.15, -0.1) is 0 Å². The van der Waals surface area contributed by atoms with Crippen LogP contribution < -0.4 is 38.0 Å². The lowest BCUT2D eigenvalue weighted by Gasteiger charge is -2.17. The maximum atomic E-state index is 14.8. The number of hydrogen-bond donors (Lipinski definition) is 7. The molecule has 10 N–H and O–H groups in total. The van der Waals surface area contributed by atoms with Crippen LogP contribution in [-0.2, 0) is 13.1 Å². The molecule has 0 aliphatic carbocycles. The molecule has 0 aliphatic heterocycles. The Morgan fingerprint density at radius 2 is 1.57 bits per heavy atom. The van der Waals surface area contributed by atoms with E-state index in [0.717, 1.165) is 18.5 Å². The number of nitrogens with one attached hydrogen (secondary N) is 4. The SMILES string of the molecule is CC(C)CCn1cc(NCCC(=N)N)cc1C(=O)Nc1ccc(ON(F)c2cccn2CCC(C)C)cc1.N=C(N)CCN. The Hall–Kier alpha value is -4.52. The Labute approximate surface area is 259 Å². The summed E-state index contributed by atoms with van der Waals surface area (Å²) < 4.78 is 18.5. The molecular formula is C31H49FN10O2. The summed E-state index contributed by atoms with van der Waals surface area (Å²) in [7, 11) is 0. The number of carbonyl (C=O) groups excluding carboxylic acids is 1. The van der Waals surface area contributed by atoms with Crippen molar-refractivity contribution in [3.63, 3.8) is 0 Å². The zero-order valence-corrected chi connectivity index (χ0v) is 26.3. The molecule has 0 unspecified atom stereocenters. The number of carbonyl (C=O) groups is 1. The minimum absolute atomic E-state index is 0.109. The molecule has 0 bridgehead atoms. The van der Waals surface area contributed by atoms with E-state index in [1.807, 2.05) is 21.5 Å². The molecule has 2 aromatic heterocycles. The number of nitrogens with zero attached hydrogens (tertiary/aromatic N) is 3. The van der Waals surface area contributed by atoms with E-state index in [1.54, 1.807) is 42.5 Å². The standard InChI is InChI=1S/C28H40FN7O2.C3H9N3/c1-20(2)12-16-34-15-5-6-27(34)36(29)38-24-9-7-22(8-10-24)33-28(37)25-18-23(32-14-11-26(30)31)19-35(25)17-13-21(3)4;4-2-1-3(5)6/h5-10,15,18-21,32H,11-14,16-17H2,1-4H3,(H3,30,31)(H,33,37);1-2,4H2,(H3,5,6). The average molecular weight is 613 g/mol. The first kappa shape index (κ1) is 35.7. The molecule has 1 aromatic carbocycles. The first-order valence-electron chi connectivity index (χ1n) is 14.9. The largest absolute Gasteiger partial charge is 0.388 e. The van der Waals surface area contributed by atoms with Gasteiger partial charge in [0.05, 0.1) is 17.4 Å². The van der Waals surface area contributed by atoms with Crippen LogP contribution in [0.25, 0.3) is 0 Å². The van der Waals surface area contributed by atoms with Gasteiger partial charge >= 0.3 is 0 Å². The molecule has 0 saturated heterocycles. The zero-order valence-electron chi connectivity index (χ0n) is 26.3. The maximum Gasteiger partial charge on any atom is 0.272 e. The minimum atomic E-state index is -0.253. The monoisotopic (exact) mass is 612 g/mol. The van der Waals surface area contributed by atoms with E-state index in [-0.39, 0.29) is 22.9 Å². The van der Waals surface area contributed by atoms with Gasteiger partial charge in [-0.1, -0.05) is 32.2 Å². The molecule has 12 nitrogen and oxygen atoms in total. The Bertz CT molecular complexity index is 1320. The zero-order chi connectivity index (χ0) is 32.6. The normalized spacial score (nSPS) is 10.7. The van der Waals surface area contributed by atoms with Crippen LogP contribution in [0.1, 0.15) is 63.9 Å². The molecule has 0 spiro atoms. The van der Waals surface area contributed by atoms with Crippen molar-refractivity contribution in [2.45, 2.75) is 66.5 Å². The van der Waals surface area contributed by atoms with Crippen LogP contribution in [0.3, 0.4) is 0 Å². The second-order valence-electron chi connectivity index (χ2n) is 11.3. The van der Waals surface area contributed by atoms with Crippen molar-refractivity contribution in [2.24, 2.45) is 29.0 Å². The third-order valence-electron chi connectivity index (χ3n) is 6.44. The maximum absolute atomic E-state index is 14.8. The summed E-state index contributed by atoms with van der Waals surface area (Å²) in [5.74, 6) is 1.64. The summed E-state index contributed by atoms with van der Waals surface area (Å²) in [6.07, 6.45) is 6.52. The van der Waals surface area contributed by atoms with E-state index in [0.29, 0.717) is 73.8 Å². The van der Waals surface area contributed by atoms with Crippen LogP contribution in [0.15, 0.2) is 54.9 Å². The van der Waals surface area contributed by atoms with Crippen LogP contribution in [0.5, 0.6) is 5.75 Å². The number of nitrogens with two attached hydrogens (primary N) is 3. The smallest absolute Gasteiger partial charge is 0.272 e. The predicted molar refractivity (Wildman–Crippen MR) is 177 cm³/mol. The number of halogens is 1. The van der Waals surface area contributed by atoms with Crippen LogP contribution in [0.2, 0.25) is 0 Å². The number of benzene rings is 1. The summed E-state index contributed by atoms with van der Waals surface area (Å²) in [6.45, 7) is 10.9. The number of anilines is 3. The van der Waals surface area contributed by atoms with Crippen molar-refractivity contribution in [1.29, 1.82) is 10.8 Å². The summed E-state index contributed by atoms with van der Waals surface area (Å²) in [5.41, 5.74) is 17.2. The van der Waals surface area contributed by atoms with Crippen molar-refractivity contribution in [3.05, 3.63) is 60.6 Å². The average Bonchev–Trinajstić information content (AvgIpc) is 3.59. The fourth-order valence-corrected chi connectivity index (χ4v) is 3.96. The molecule has 3 rings (SSSR count). The van der Waals surface area contributed by atoms with Gasteiger partial charge in [0, 0.05) is 50.6 Å². The Morgan fingerprint density at radius 3 is 2.11 bits per heavy atom. The molecule has 242 valence electrons. The van der Waals surface area contributed by atoms with Crippen molar-refractivity contribution in [3.8, 4) is 5.75 Å². The van der Waals surface area contributed by atoms with Gasteiger partial charge in [-0.05, 0) is 79.0 Å². The van der Waals surface area contributed by atoms with Gasteiger partial charge in [-0.2, -0.15) is 0 Å². The lowest BCUT2D eigenvalue weighted by Crippen LogP contribution is -2.20. The number of hydrogen-bond acceptors (Lipinski definition) is 7. The van der Waals surface area contributed by atoms with Gasteiger partial charge in [0.1, 0.15) is 5.69 Å². The van der Waals surface area contributed by atoms with Crippen molar-refractivity contribution < 1.29 is 14.1 Å². The molecule has 0 atom stereocenters. The molecule has 3 aromatic rings. The third-order valence-corrected chi connectivity index (χ3v) is 6.44. The highest BCUT2D eigenvalue weighted by atomic mass is 19.2. The summed E-state index contributed by atoms with van der Waals surface area (Å²) >= 11 is 0. The topological polar surface area (TPSA) is 189 Å². The quantitative estimate of drug-likeness (QED) is 0.0464. The van der Waals surface area contributed by atoms with E-state index in [2.05, 4.69) is 38.3 Å². The first-order chi connectivity index (χ1) is 20.9. The molecule has 0 saturated carbocycles. The number of aromatic nitrogens is 2. The Kier molecular flexibility index (Phi) is 14.8. The van der Waals surface area contributed by atoms with Crippen LogP contribution >= 0.6 is 0 Å². The summed E-state index contributed by atoms with van der Waals surface area (Å²) in [6, 6.07) is 11.8. The third kappa shape index (κ3) is 12.8. The molecule has 2 heterocycles. The van der Waals surface area contributed by atoms with Gasteiger partial charge in [0.25, 0.3) is 5.91 Å². The lowest BCUT2D eigenvalue weighted by molar-refractivity contribution is 0.101. The fraction of sp³-hybridized carbons (Fsp3) is 0.452. The van der Waals surface area contributed by atoms with E-state index in [4.69, 9.17) is 32.9 Å². The highest BCUT2D eigenvalue weighted by Crippen LogP contribution is 2.24. The highest BCUT2D eigenvalue weighted by molar-refractivity contribution is 6.04. The van der Waals surface area contributed by atoms with Gasteiger partial charge < -0.3 is 41.8 Å². The Balaban J connectivity index is 0.00000102. The van der Waals surface area contributed by atoms with Crippen LogP contribution in [0, 0.1) is 22.7 Å². The van der Waals surface area contributed by atoms with Gasteiger partial charge in [-0.25, -0.2) is 0 Å². The van der Waals surface area contributed by atoms with Crippen LogP contribution in [-0.4, -0.2) is 39.8 Å². The predicted octanol–water partition coefficient (Wildman–Crippen LogP) is 5.33. The lowest BCUT2D eigenvalue weighted by atomic mass is 10.1. The molecule has 0 radical (unpaired) electrons. The second kappa shape index (κ2) is 18.2. The Morgan fingerprint density at radius 1 is 0.955 bits per heavy atom. The molecule has 0 aliphatic rings. The van der Waals surface area contributed by atoms with Gasteiger partial charge in [0.2, 0.25) is 0 Å². The molecule has 13 heteroatoms. The van der Waals surface area contributed by atoms with E-state index < -0.39 is 0 Å². The number of rotatable bonds is 17. The number of amides is 1. The van der Waals surface area contributed by atoms with E-state index in [9.17, 15) is 9.28 Å². The van der Waals surface area contributed by atoms with Crippen molar-refractivity contribution in [1.82, 2.24) is 9.13 Å². The van der Waals surface area contributed by atoms with Gasteiger partial charge in [0.15, 0.2) is 11.6 Å². The number of aryl methyl sites for hydroxylation is 2. The first-order valence-corrected chi connectivity index (χ1v) is 14.9. The summed E-state index contributed by atoms with van der Waals surface area (Å²) in [5, 5.41) is 20.4. The summed E-state index contributed by atoms with van der Waals surface area (Å²) in [4.78, 5) is 18.5. The minimum Gasteiger partial charge on any atom is -0.388 e. The molecular weight excluding hydrogens is 563 g/mol. The molecule has 44 heavy (non-hydrogen) atoms. The van der Waals surface area contributed by atoms with Crippen molar-refractivity contribution in [2.75, 3.05) is 29.0 Å². The van der Waals surface area contributed by atoms with Gasteiger partial charge in [-0.3, -0.25) is 15.6 Å². The van der Waals surface area contributed by atoms with Crippen molar-refractivity contribution >= 4 is 34.8 Å². The molecule has 1 amide bonds.